The van der Waals surface area contributed by atoms with E-state index in [4.69, 9.17) is 14.9 Å². The van der Waals surface area contributed by atoms with Crippen LogP contribution in [0.3, 0.4) is 0 Å². The first kappa shape index (κ1) is 17.5. The first-order chi connectivity index (χ1) is 10.2. The van der Waals surface area contributed by atoms with Crippen molar-refractivity contribution >= 4 is 0 Å². The molecule has 0 amide bonds. The number of rotatable bonds is 8. The van der Waals surface area contributed by atoms with Crippen LogP contribution in [0.15, 0.2) is 18.2 Å². The van der Waals surface area contributed by atoms with E-state index in [2.05, 4.69) is 23.7 Å². The maximum Gasteiger partial charge on any atom is 0.119 e. The largest absolute Gasteiger partial charge is 0.497 e. The molecule has 2 N–H and O–H groups in total. The summed E-state index contributed by atoms with van der Waals surface area (Å²) in [4.78, 5) is 2.20. The molecule has 0 saturated heterocycles. The second-order valence-corrected chi connectivity index (χ2v) is 4.80. The van der Waals surface area contributed by atoms with Gasteiger partial charge in [-0.1, -0.05) is 18.8 Å². The van der Waals surface area contributed by atoms with Crippen LogP contribution < -0.4 is 4.74 Å². The second kappa shape index (κ2) is 10.2. The molecule has 0 fully saturated rings. The van der Waals surface area contributed by atoms with E-state index in [-0.39, 0.29) is 13.2 Å². The number of ether oxygens (including phenoxy) is 1. The van der Waals surface area contributed by atoms with Gasteiger partial charge in [0.25, 0.3) is 0 Å². The van der Waals surface area contributed by atoms with Crippen molar-refractivity contribution in [2.75, 3.05) is 33.4 Å². The fourth-order valence-corrected chi connectivity index (χ4v) is 2.13. The molecule has 0 bridgehead atoms. The van der Waals surface area contributed by atoms with Gasteiger partial charge in [0.05, 0.1) is 20.3 Å². The van der Waals surface area contributed by atoms with Crippen LogP contribution >= 0.6 is 0 Å². The summed E-state index contributed by atoms with van der Waals surface area (Å²) in [6.07, 6.45) is 1.51. The maximum atomic E-state index is 9.16. The third-order valence-electron chi connectivity index (χ3n) is 3.12. The summed E-state index contributed by atoms with van der Waals surface area (Å²) in [5, 5.41) is 18.0. The van der Waals surface area contributed by atoms with E-state index in [0.717, 1.165) is 36.4 Å². The van der Waals surface area contributed by atoms with E-state index >= 15 is 0 Å². The lowest BCUT2D eigenvalue weighted by Gasteiger charge is -2.21. The van der Waals surface area contributed by atoms with Crippen molar-refractivity contribution in [3.63, 3.8) is 0 Å². The van der Waals surface area contributed by atoms with Gasteiger partial charge >= 0.3 is 0 Å². The van der Waals surface area contributed by atoms with Gasteiger partial charge in [-0.2, -0.15) is 0 Å². The molecule has 0 spiro atoms. The minimum atomic E-state index is 0.0744. The van der Waals surface area contributed by atoms with Crippen LogP contribution in [0, 0.1) is 11.8 Å². The number of methoxy groups -OCH3 is 1. The zero-order valence-electron chi connectivity index (χ0n) is 12.9. The van der Waals surface area contributed by atoms with Crippen molar-refractivity contribution < 1.29 is 14.9 Å². The molecule has 0 aliphatic rings. The van der Waals surface area contributed by atoms with Crippen molar-refractivity contribution in [3.05, 3.63) is 29.3 Å². The molecule has 0 saturated carbocycles. The predicted octanol–water partition coefficient (Wildman–Crippen LogP) is 1.63. The second-order valence-electron chi connectivity index (χ2n) is 4.80. The summed E-state index contributed by atoms with van der Waals surface area (Å²) < 4.78 is 5.28. The quantitative estimate of drug-likeness (QED) is 0.715. The molecular formula is C17H25NO3. The third-order valence-corrected chi connectivity index (χ3v) is 3.12. The molecule has 1 rings (SSSR count). The van der Waals surface area contributed by atoms with Crippen molar-refractivity contribution in [2.24, 2.45) is 0 Å². The Bertz CT molecular complexity index is 471. The SMILES string of the molecule is CCCN(CCO)Cc1cc(OC)ccc1C#CCCO. The summed E-state index contributed by atoms with van der Waals surface area (Å²) in [5.74, 6) is 6.86. The first-order valence-corrected chi connectivity index (χ1v) is 7.35. The Hall–Kier alpha value is -1.54. The Morgan fingerprint density at radius 2 is 2.00 bits per heavy atom. The van der Waals surface area contributed by atoms with Crippen LogP contribution in [0.1, 0.15) is 30.9 Å². The van der Waals surface area contributed by atoms with Gasteiger partial charge in [0.1, 0.15) is 5.75 Å². The molecule has 0 aliphatic heterocycles. The molecular weight excluding hydrogens is 266 g/mol. The molecule has 21 heavy (non-hydrogen) atoms. The highest BCUT2D eigenvalue weighted by Crippen LogP contribution is 2.19. The number of aliphatic hydroxyl groups excluding tert-OH is 2. The highest BCUT2D eigenvalue weighted by molar-refractivity contribution is 5.45. The zero-order chi connectivity index (χ0) is 15.5. The van der Waals surface area contributed by atoms with E-state index in [1.54, 1.807) is 7.11 Å². The standard InChI is InChI=1S/C17H25NO3/c1-3-9-18(10-12-20)14-16-13-17(21-2)8-7-15(16)6-4-5-11-19/h7-8,13,19-20H,3,5,9-12,14H2,1-2H3. The van der Waals surface area contributed by atoms with Gasteiger partial charge in [-0.15, -0.1) is 0 Å². The van der Waals surface area contributed by atoms with Gasteiger partial charge in [-0.3, -0.25) is 4.90 Å². The fourth-order valence-electron chi connectivity index (χ4n) is 2.13. The lowest BCUT2D eigenvalue weighted by molar-refractivity contribution is 0.190. The Morgan fingerprint density at radius 3 is 2.62 bits per heavy atom. The number of hydrogen-bond acceptors (Lipinski definition) is 4. The van der Waals surface area contributed by atoms with E-state index in [1.807, 2.05) is 18.2 Å². The summed E-state index contributed by atoms with van der Waals surface area (Å²) in [7, 11) is 1.65. The number of nitrogens with zero attached hydrogens (tertiary/aromatic N) is 1. The minimum absolute atomic E-state index is 0.0744. The third kappa shape index (κ3) is 6.17. The highest BCUT2D eigenvalue weighted by Gasteiger charge is 2.09. The van der Waals surface area contributed by atoms with Crippen molar-refractivity contribution in [3.8, 4) is 17.6 Å². The Balaban J connectivity index is 2.97. The lowest BCUT2D eigenvalue weighted by Crippen LogP contribution is -2.27. The minimum Gasteiger partial charge on any atom is -0.497 e. The first-order valence-electron chi connectivity index (χ1n) is 7.35. The Labute approximate surface area is 127 Å². The molecule has 4 nitrogen and oxygen atoms in total. The summed E-state index contributed by atoms with van der Waals surface area (Å²) in [6, 6.07) is 5.83. The average molecular weight is 291 g/mol. The van der Waals surface area contributed by atoms with Crippen LogP contribution in [0.2, 0.25) is 0 Å². The topological polar surface area (TPSA) is 52.9 Å². The van der Waals surface area contributed by atoms with E-state index < -0.39 is 0 Å². The zero-order valence-corrected chi connectivity index (χ0v) is 12.9. The maximum absolute atomic E-state index is 9.16. The fraction of sp³-hybridized carbons (Fsp3) is 0.529. The summed E-state index contributed by atoms with van der Waals surface area (Å²) >= 11 is 0. The van der Waals surface area contributed by atoms with Crippen molar-refractivity contribution in [2.45, 2.75) is 26.3 Å². The molecule has 0 radical (unpaired) electrons. The lowest BCUT2D eigenvalue weighted by atomic mass is 10.1. The van der Waals surface area contributed by atoms with Gasteiger partial charge in [0.2, 0.25) is 0 Å². The molecule has 116 valence electrons. The van der Waals surface area contributed by atoms with Crippen molar-refractivity contribution in [1.82, 2.24) is 4.90 Å². The molecule has 0 heterocycles. The van der Waals surface area contributed by atoms with E-state index in [9.17, 15) is 0 Å². The number of hydrogen-bond donors (Lipinski definition) is 2. The molecule has 4 heteroatoms. The Kier molecular flexibility index (Phi) is 8.53. The normalized spacial score (nSPS) is 10.3. The molecule has 0 atom stereocenters. The molecule has 0 unspecified atom stereocenters. The monoisotopic (exact) mass is 291 g/mol. The van der Waals surface area contributed by atoms with Crippen LogP contribution in [-0.4, -0.2) is 48.5 Å². The molecule has 1 aromatic carbocycles. The molecule has 0 aromatic heterocycles. The number of benzene rings is 1. The average Bonchev–Trinajstić information content (AvgIpc) is 2.49. The molecule has 1 aromatic rings. The van der Waals surface area contributed by atoms with Gasteiger partial charge < -0.3 is 14.9 Å². The van der Waals surface area contributed by atoms with Crippen LogP contribution in [0.5, 0.6) is 5.75 Å². The predicted molar refractivity (Wildman–Crippen MR) is 84.2 cm³/mol. The Morgan fingerprint density at radius 1 is 1.19 bits per heavy atom. The smallest absolute Gasteiger partial charge is 0.119 e. The van der Waals surface area contributed by atoms with Crippen LogP contribution in [0.25, 0.3) is 0 Å². The van der Waals surface area contributed by atoms with Gasteiger partial charge in [0.15, 0.2) is 0 Å². The van der Waals surface area contributed by atoms with Crippen molar-refractivity contribution in [1.29, 1.82) is 0 Å². The van der Waals surface area contributed by atoms with Crippen LogP contribution in [0.4, 0.5) is 0 Å². The number of aliphatic hydroxyl groups is 2. The van der Waals surface area contributed by atoms with Gasteiger partial charge in [-0.25, -0.2) is 0 Å². The highest BCUT2D eigenvalue weighted by atomic mass is 16.5. The molecule has 0 aliphatic carbocycles. The van der Waals surface area contributed by atoms with Gasteiger partial charge in [0, 0.05) is 25.1 Å². The van der Waals surface area contributed by atoms with Crippen LogP contribution in [-0.2, 0) is 6.54 Å². The summed E-state index contributed by atoms with van der Waals surface area (Å²) in [6.45, 7) is 4.66. The summed E-state index contributed by atoms with van der Waals surface area (Å²) in [5.41, 5.74) is 2.03. The van der Waals surface area contributed by atoms with E-state index in [1.165, 1.54) is 0 Å². The van der Waals surface area contributed by atoms with E-state index in [0.29, 0.717) is 13.0 Å². The van der Waals surface area contributed by atoms with Gasteiger partial charge in [-0.05, 0) is 36.7 Å².